The maximum absolute atomic E-state index is 12.6. The maximum Gasteiger partial charge on any atom is 0.416 e. The molecule has 0 radical (unpaired) electrons. The Bertz CT molecular complexity index is 717. The number of amides is 1. The summed E-state index contributed by atoms with van der Waals surface area (Å²) in [5, 5.41) is 5.47. The van der Waals surface area contributed by atoms with Gasteiger partial charge in [0, 0.05) is 5.69 Å². The number of anilines is 2. The van der Waals surface area contributed by atoms with Crippen molar-refractivity contribution in [3.05, 3.63) is 60.2 Å². The van der Waals surface area contributed by atoms with E-state index >= 15 is 0 Å². The highest BCUT2D eigenvalue weighted by atomic mass is 35.5. The highest BCUT2D eigenvalue weighted by molar-refractivity contribution is 6.84. The lowest BCUT2D eigenvalue weighted by Gasteiger charge is -2.09. The summed E-state index contributed by atoms with van der Waals surface area (Å²) in [6.45, 7) is 0. The second-order valence-electron chi connectivity index (χ2n) is 4.41. The van der Waals surface area contributed by atoms with E-state index in [4.69, 9.17) is 11.6 Å². The topological polar surface area (TPSA) is 53.5 Å². The summed E-state index contributed by atoms with van der Waals surface area (Å²) >= 11 is 5.71. The predicted octanol–water partition coefficient (Wildman–Crippen LogP) is 4.31. The van der Waals surface area contributed by atoms with Gasteiger partial charge in [-0.15, -0.1) is 0 Å². The maximum atomic E-state index is 12.6. The van der Waals surface area contributed by atoms with Gasteiger partial charge in [0.05, 0.1) is 11.3 Å². The van der Waals surface area contributed by atoms with Crippen LogP contribution in [-0.4, -0.2) is 11.1 Å². The third-order valence-corrected chi connectivity index (χ3v) is 2.95. The number of hydrogen-bond donors (Lipinski definition) is 2. The zero-order chi connectivity index (χ0) is 16.9. The van der Waals surface area contributed by atoms with Crippen LogP contribution in [0, 0.1) is 0 Å². The molecule has 0 spiro atoms. The summed E-state index contributed by atoms with van der Waals surface area (Å²) < 4.78 is 37.8. The fraction of sp³-hybridized carbons (Fsp3) is 0.0667. The van der Waals surface area contributed by atoms with Crippen LogP contribution in [0.5, 0.6) is 0 Å². The molecule has 0 heterocycles. The Morgan fingerprint density at radius 1 is 1.00 bits per heavy atom. The zero-order valence-electron chi connectivity index (χ0n) is 11.6. The first-order valence-electron chi connectivity index (χ1n) is 6.39. The lowest BCUT2D eigenvalue weighted by Crippen LogP contribution is -2.20. The van der Waals surface area contributed by atoms with Gasteiger partial charge in [0.1, 0.15) is 0 Å². The molecule has 0 unspecified atom stereocenters. The van der Waals surface area contributed by atoms with Crippen molar-refractivity contribution in [2.24, 2.45) is 5.10 Å². The van der Waals surface area contributed by atoms with Gasteiger partial charge in [0.15, 0.2) is 0 Å². The molecule has 0 aliphatic heterocycles. The molecule has 0 saturated heterocycles. The van der Waals surface area contributed by atoms with Gasteiger partial charge in [-0.05, 0) is 30.3 Å². The largest absolute Gasteiger partial charge is 0.416 e. The monoisotopic (exact) mass is 341 g/mol. The molecule has 0 fully saturated rings. The number of halogens is 4. The molecular formula is C15H11ClF3N3O. The molecule has 120 valence electrons. The normalized spacial score (nSPS) is 11.9. The molecule has 8 heteroatoms. The summed E-state index contributed by atoms with van der Waals surface area (Å²) in [7, 11) is 0. The standard InChI is InChI=1S/C15H11ClF3N3O/c16-13(22-21-11-6-2-1-3-7-11)14(23)20-12-8-4-5-10(9-12)15(17,18)19/h1-9,21H,(H,20,23)/b22-13-. The number of nitrogens with one attached hydrogen (secondary N) is 2. The van der Waals surface area contributed by atoms with Crippen molar-refractivity contribution < 1.29 is 18.0 Å². The number of carbonyl (C=O) groups excluding carboxylic acids is 1. The van der Waals surface area contributed by atoms with Crippen molar-refractivity contribution in [1.29, 1.82) is 0 Å². The van der Waals surface area contributed by atoms with Gasteiger partial charge in [0.25, 0.3) is 5.91 Å². The van der Waals surface area contributed by atoms with Crippen LogP contribution < -0.4 is 10.7 Å². The molecule has 1 amide bonds. The minimum absolute atomic E-state index is 0.0297. The second-order valence-corrected chi connectivity index (χ2v) is 4.77. The summed E-state index contributed by atoms with van der Waals surface area (Å²) in [6.07, 6.45) is -4.49. The van der Waals surface area contributed by atoms with E-state index < -0.39 is 22.8 Å². The number of benzene rings is 2. The average Bonchev–Trinajstić information content (AvgIpc) is 2.53. The van der Waals surface area contributed by atoms with Crippen molar-refractivity contribution in [2.45, 2.75) is 6.18 Å². The van der Waals surface area contributed by atoms with E-state index in [0.717, 1.165) is 12.1 Å². The van der Waals surface area contributed by atoms with Gasteiger partial charge in [-0.25, -0.2) is 0 Å². The van der Waals surface area contributed by atoms with Crippen molar-refractivity contribution in [3.8, 4) is 0 Å². The SMILES string of the molecule is O=C(Nc1cccc(C(F)(F)F)c1)/C(Cl)=N/Nc1ccccc1. The number of nitrogens with zero attached hydrogens (tertiary/aromatic N) is 1. The van der Waals surface area contributed by atoms with E-state index in [0.29, 0.717) is 5.69 Å². The fourth-order valence-corrected chi connectivity index (χ4v) is 1.72. The number of hydrogen-bond acceptors (Lipinski definition) is 3. The first kappa shape index (κ1) is 16.8. The molecule has 2 aromatic carbocycles. The number of para-hydroxylation sites is 1. The summed E-state index contributed by atoms with van der Waals surface area (Å²) in [5.41, 5.74) is 2.27. The quantitative estimate of drug-likeness (QED) is 0.643. The molecule has 0 aromatic heterocycles. The van der Waals surface area contributed by atoms with Crippen LogP contribution in [0.3, 0.4) is 0 Å². The molecule has 0 bridgehead atoms. The van der Waals surface area contributed by atoms with Gasteiger partial charge in [-0.2, -0.15) is 18.3 Å². The van der Waals surface area contributed by atoms with Crippen LogP contribution in [0.25, 0.3) is 0 Å². The Hall–Kier alpha value is -2.54. The number of rotatable bonds is 4. The lowest BCUT2D eigenvalue weighted by atomic mass is 10.2. The van der Waals surface area contributed by atoms with E-state index in [2.05, 4.69) is 15.8 Å². The number of carbonyl (C=O) groups is 1. The molecule has 23 heavy (non-hydrogen) atoms. The first-order valence-corrected chi connectivity index (χ1v) is 6.77. The van der Waals surface area contributed by atoms with E-state index in [9.17, 15) is 18.0 Å². The zero-order valence-corrected chi connectivity index (χ0v) is 12.3. The molecule has 0 saturated carbocycles. The minimum atomic E-state index is -4.49. The van der Waals surface area contributed by atoms with Crippen LogP contribution in [0.2, 0.25) is 0 Å². The Kier molecular flexibility index (Phi) is 5.23. The van der Waals surface area contributed by atoms with Crippen molar-refractivity contribution in [3.63, 3.8) is 0 Å². The third kappa shape index (κ3) is 5.00. The molecule has 2 rings (SSSR count). The van der Waals surface area contributed by atoms with E-state index in [1.54, 1.807) is 30.3 Å². The van der Waals surface area contributed by atoms with E-state index in [-0.39, 0.29) is 5.69 Å². The Morgan fingerprint density at radius 3 is 2.30 bits per heavy atom. The minimum Gasteiger partial charge on any atom is -0.320 e. The Balaban J connectivity index is 2.04. The first-order chi connectivity index (χ1) is 10.9. The second kappa shape index (κ2) is 7.15. The van der Waals surface area contributed by atoms with Gasteiger partial charge < -0.3 is 5.32 Å². The van der Waals surface area contributed by atoms with Crippen molar-refractivity contribution in [2.75, 3.05) is 10.7 Å². The van der Waals surface area contributed by atoms with Gasteiger partial charge >= 0.3 is 6.18 Å². The van der Waals surface area contributed by atoms with Crippen LogP contribution in [0.4, 0.5) is 24.5 Å². The van der Waals surface area contributed by atoms with E-state index in [1.807, 2.05) is 0 Å². The highest BCUT2D eigenvalue weighted by Gasteiger charge is 2.30. The molecule has 4 nitrogen and oxygen atoms in total. The van der Waals surface area contributed by atoms with Crippen LogP contribution in [0.15, 0.2) is 59.7 Å². The summed E-state index contributed by atoms with van der Waals surface area (Å²) in [6, 6.07) is 13.0. The smallest absolute Gasteiger partial charge is 0.320 e. The fourth-order valence-electron chi connectivity index (χ4n) is 1.63. The van der Waals surface area contributed by atoms with E-state index in [1.165, 1.54) is 12.1 Å². The highest BCUT2D eigenvalue weighted by Crippen LogP contribution is 2.30. The van der Waals surface area contributed by atoms with Gasteiger partial charge in [-0.1, -0.05) is 35.9 Å². The summed E-state index contributed by atoms with van der Waals surface area (Å²) in [4.78, 5) is 11.8. The lowest BCUT2D eigenvalue weighted by molar-refractivity contribution is -0.137. The Morgan fingerprint density at radius 2 is 1.65 bits per heavy atom. The molecule has 2 aromatic rings. The molecular weight excluding hydrogens is 331 g/mol. The van der Waals surface area contributed by atoms with Crippen LogP contribution >= 0.6 is 11.6 Å². The van der Waals surface area contributed by atoms with Crippen molar-refractivity contribution in [1.82, 2.24) is 0 Å². The summed E-state index contributed by atoms with van der Waals surface area (Å²) in [5.74, 6) is -0.825. The molecule has 0 aliphatic rings. The number of hydrazone groups is 1. The molecule has 0 aliphatic carbocycles. The van der Waals surface area contributed by atoms with Gasteiger partial charge in [-0.3, -0.25) is 10.2 Å². The van der Waals surface area contributed by atoms with Crippen LogP contribution in [-0.2, 0) is 11.0 Å². The third-order valence-electron chi connectivity index (χ3n) is 2.69. The average molecular weight is 342 g/mol. The molecule has 2 N–H and O–H groups in total. The molecule has 0 atom stereocenters. The van der Waals surface area contributed by atoms with Gasteiger partial charge in [0.2, 0.25) is 5.17 Å². The van der Waals surface area contributed by atoms with Crippen LogP contribution in [0.1, 0.15) is 5.56 Å². The number of alkyl halides is 3. The van der Waals surface area contributed by atoms with Crippen molar-refractivity contribution >= 4 is 34.1 Å². The predicted molar refractivity (Wildman–Crippen MR) is 83.4 cm³/mol. The Labute approximate surface area is 135 Å².